The molecule has 0 bridgehead atoms. The van der Waals surface area contributed by atoms with E-state index >= 15 is 0 Å². The molecule has 0 spiro atoms. The smallest absolute Gasteiger partial charge is 0.393 e. The minimum absolute atomic E-state index is 0.168. The molecule has 1 aliphatic heterocycles. The molecule has 150 valence electrons. The standard InChI is InChI=1S/C19H25F3N2O3/c1-3-13(25)10-15(12-6-4-11(2)5-7-12)23-17(26)14-8-9-16(19(20,21)22)24-18(14)27/h4-7,13-16,25H,3,8-10H2,1-2H3,(H,23,26)(H,24,27)/t13-,14?,15-,16?/m1/s1. The lowest BCUT2D eigenvalue weighted by Crippen LogP contribution is -2.54. The fraction of sp³-hybridized carbons (Fsp3) is 0.579. The highest BCUT2D eigenvalue weighted by Gasteiger charge is 2.46. The Morgan fingerprint density at radius 2 is 1.93 bits per heavy atom. The molecule has 1 fully saturated rings. The van der Waals surface area contributed by atoms with Gasteiger partial charge in [-0.2, -0.15) is 13.2 Å². The Bertz CT molecular complexity index is 661. The van der Waals surface area contributed by atoms with Crippen LogP contribution < -0.4 is 10.6 Å². The summed E-state index contributed by atoms with van der Waals surface area (Å²) in [5.41, 5.74) is 1.80. The van der Waals surface area contributed by atoms with Gasteiger partial charge in [0, 0.05) is 0 Å². The predicted octanol–water partition coefficient (Wildman–Crippen LogP) is 2.77. The first-order valence-electron chi connectivity index (χ1n) is 9.04. The number of alkyl halides is 3. The lowest BCUT2D eigenvalue weighted by atomic mass is 9.91. The zero-order valence-corrected chi connectivity index (χ0v) is 15.3. The zero-order valence-electron chi connectivity index (χ0n) is 15.3. The summed E-state index contributed by atoms with van der Waals surface area (Å²) in [6, 6.07) is 4.94. The van der Waals surface area contributed by atoms with Crippen LogP contribution in [0.25, 0.3) is 0 Å². The molecule has 1 aromatic carbocycles. The molecule has 1 heterocycles. The number of aryl methyl sites for hydroxylation is 1. The largest absolute Gasteiger partial charge is 0.408 e. The van der Waals surface area contributed by atoms with Gasteiger partial charge in [0.05, 0.1) is 12.1 Å². The fourth-order valence-corrected chi connectivity index (χ4v) is 3.09. The van der Waals surface area contributed by atoms with E-state index in [1.165, 1.54) is 0 Å². The molecule has 0 aliphatic carbocycles. The van der Waals surface area contributed by atoms with Crippen LogP contribution in [0.1, 0.15) is 49.8 Å². The third kappa shape index (κ3) is 5.69. The molecule has 1 aliphatic rings. The summed E-state index contributed by atoms with van der Waals surface area (Å²) in [6.45, 7) is 3.73. The lowest BCUT2D eigenvalue weighted by molar-refractivity contribution is -0.171. The van der Waals surface area contributed by atoms with Crippen LogP contribution in [0.5, 0.6) is 0 Å². The maximum atomic E-state index is 12.7. The Labute approximate surface area is 156 Å². The summed E-state index contributed by atoms with van der Waals surface area (Å²) in [5, 5.41) is 14.6. The number of halogens is 3. The number of aliphatic hydroxyl groups excluding tert-OH is 1. The summed E-state index contributed by atoms with van der Waals surface area (Å²) in [7, 11) is 0. The third-order valence-corrected chi connectivity index (χ3v) is 4.86. The van der Waals surface area contributed by atoms with Gasteiger partial charge in [-0.3, -0.25) is 9.59 Å². The van der Waals surface area contributed by atoms with E-state index in [1.54, 1.807) is 0 Å². The quantitative estimate of drug-likeness (QED) is 0.658. The first-order valence-corrected chi connectivity index (χ1v) is 9.04. The third-order valence-electron chi connectivity index (χ3n) is 4.86. The molecular weight excluding hydrogens is 361 g/mol. The Hall–Kier alpha value is -2.09. The molecule has 8 heteroatoms. The van der Waals surface area contributed by atoms with E-state index in [0.29, 0.717) is 6.42 Å². The van der Waals surface area contributed by atoms with Gasteiger partial charge in [-0.25, -0.2) is 0 Å². The van der Waals surface area contributed by atoms with Gasteiger partial charge in [-0.15, -0.1) is 0 Å². The molecule has 27 heavy (non-hydrogen) atoms. The Morgan fingerprint density at radius 3 is 2.44 bits per heavy atom. The number of benzene rings is 1. The van der Waals surface area contributed by atoms with E-state index in [4.69, 9.17) is 0 Å². The number of amides is 2. The van der Waals surface area contributed by atoms with Crippen molar-refractivity contribution in [2.24, 2.45) is 5.92 Å². The van der Waals surface area contributed by atoms with Crippen molar-refractivity contribution in [2.45, 2.75) is 63.9 Å². The number of carbonyl (C=O) groups excluding carboxylic acids is 2. The lowest BCUT2D eigenvalue weighted by Gasteiger charge is -2.31. The van der Waals surface area contributed by atoms with Crippen molar-refractivity contribution in [1.82, 2.24) is 10.6 Å². The molecular formula is C19H25F3N2O3. The average Bonchev–Trinajstić information content (AvgIpc) is 2.60. The van der Waals surface area contributed by atoms with Crippen molar-refractivity contribution in [1.29, 1.82) is 0 Å². The van der Waals surface area contributed by atoms with Gasteiger partial charge < -0.3 is 15.7 Å². The van der Waals surface area contributed by atoms with Crippen LogP contribution in [-0.4, -0.2) is 35.2 Å². The van der Waals surface area contributed by atoms with Crippen molar-refractivity contribution in [3.63, 3.8) is 0 Å². The van der Waals surface area contributed by atoms with Crippen molar-refractivity contribution < 1.29 is 27.9 Å². The highest BCUT2D eigenvalue weighted by atomic mass is 19.4. The maximum Gasteiger partial charge on any atom is 0.408 e. The maximum absolute atomic E-state index is 12.7. The zero-order chi connectivity index (χ0) is 20.2. The van der Waals surface area contributed by atoms with E-state index in [-0.39, 0.29) is 19.3 Å². The summed E-state index contributed by atoms with van der Waals surface area (Å²) in [5.74, 6) is -2.71. The van der Waals surface area contributed by atoms with Gasteiger partial charge in [0.1, 0.15) is 12.0 Å². The first-order chi connectivity index (χ1) is 12.6. The van der Waals surface area contributed by atoms with E-state index in [1.807, 2.05) is 43.4 Å². The molecule has 0 aromatic heterocycles. The molecule has 5 nitrogen and oxygen atoms in total. The van der Waals surface area contributed by atoms with Crippen LogP contribution in [0.3, 0.4) is 0 Å². The second-order valence-electron chi connectivity index (χ2n) is 7.00. The average molecular weight is 386 g/mol. The van der Waals surface area contributed by atoms with Gasteiger partial charge in [-0.1, -0.05) is 36.8 Å². The first kappa shape index (κ1) is 21.2. The van der Waals surface area contributed by atoms with E-state index in [0.717, 1.165) is 11.1 Å². The molecule has 0 saturated carbocycles. The molecule has 1 saturated heterocycles. The number of carbonyl (C=O) groups is 2. The van der Waals surface area contributed by atoms with Gasteiger partial charge in [0.25, 0.3) is 0 Å². The highest BCUT2D eigenvalue weighted by molar-refractivity contribution is 6.01. The Morgan fingerprint density at radius 1 is 1.30 bits per heavy atom. The summed E-state index contributed by atoms with van der Waals surface area (Å²) < 4.78 is 38.2. The van der Waals surface area contributed by atoms with Crippen LogP contribution in [0.15, 0.2) is 24.3 Å². The molecule has 1 aromatic rings. The van der Waals surface area contributed by atoms with Gasteiger partial charge >= 0.3 is 6.18 Å². The highest BCUT2D eigenvalue weighted by Crippen LogP contribution is 2.29. The van der Waals surface area contributed by atoms with Crippen molar-refractivity contribution in [3.8, 4) is 0 Å². The van der Waals surface area contributed by atoms with Crippen molar-refractivity contribution in [3.05, 3.63) is 35.4 Å². The van der Waals surface area contributed by atoms with Crippen LogP contribution in [0.2, 0.25) is 0 Å². The topological polar surface area (TPSA) is 78.4 Å². The Balaban J connectivity index is 2.09. The number of rotatable bonds is 6. The van der Waals surface area contributed by atoms with Gasteiger partial charge in [-0.05, 0) is 38.2 Å². The van der Waals surface area contributed by atoms with Crippen LogP contribution in [0, 0.1) is 12.8 Å². The van der Waals surface area contributed by atoms with E-state index < -0.39 is 42.1 Å². The number of hydrogen-bond acceptors (Lipinski definition) is 3. The van der Waals surface area contributed by atoms with Crippen LogP contribution in [0.4, 0.5) is 13.2 Å². The monoisotopic (exact) mass is 386 g/mol. The number of hydrogen-bond donors (Lipinski definition) is 3. The van der Waals surface area contributed by atoms with Gasteiger partial charge in [0.15, 0.2) is 0 Å². The second-order valence-corrected chi connectivity index (χ2v) is 7.00. The minimum atomic E-state index is -4.52. The molecule has 2 amide bonds. The number of nitrogens with one attached hydrogen (secondary N) is 2. The van der Waals surface area contributed by atoms with Gasteiger partial charge in [0.2, 0.25) is 11.8 Å². The second kappa shape index (κ2) is 8.73. The molecule has 0 radical (unpaired) electrons. The van der Waals surface area contributed by atoms with E-state index in [2.05, 4.69) is 5.32 Å². The van der Waals surface area contributed by atoms with E-state index in [9.17, 15) is 27.9 Å². The molecule has 2 unspecified atom stereocenters. The van der Waals surface area contributed by atoms with Crippen molar-refractivity contribution in [2.75, 3.05) is 0 Å². The molecule has 3 N–H and O–H groups in total. The fourth-order valence-electron chi connectivity index (χ4n) is 3.09. The normalized spacial score (nSPS) is 22.7. The van der Waals surface area contributed by atoms with Crippen LogP contribution >= 0.6 is 0 Å². The Kier molecular flexibility index (Phi) is 6.86. The SMILES string of the molecule is CC[C@@H](O)C[C@@H](NC(=O)C1CCC(C(F)(F)F)NC1=O)c1ccc(C)cc1. The molecule has 4 atom stereocenters. The number of aliphatic hydroxyl groups is 1. The number of piperidine rings is 1. The minimum Gasteiger partial charge on any atom is -0.393 e. The summed E-state index contributed by atoms with van der Waals surface area (Å²) in [6.07, 6.45) is -4.92. The summed E-state index contributed by atoms with van der Waals surface area (Å²) >= 11 is 0. The molecule has 2 rings (SSSR count). The predicted molar refractivity (Wildman–Crippen MR) is 93.7 cm³/mol. The van der Waals surface area contributed by atoms with Crippen LogP contribution in [-0.2, 0) is 9.59 Å². The summed E-state index contributed by atoms with van der Waals surface area (Å²) in [4.78, 5) is 24.6. The van der Waals surface area contributed by atoms with Crippen molar-refractivity contribution >= 4 is 11.8 Å².